The van der Waals surface area contributed by atoms with Crippen molar-refractivity contribution in [2.24, 2.45) is 0 Å². The summed E-state index contributed by atoms with van der Waals surface area (Å²) in [6, 6.07) is 9.34. The number of hydrogen-bond acceptors (Lipinski definition) is 4. The summed E-state index contributed by atoms with van der Waals surface area (Å²) in [4.78, 5) is 11.6. The zero-order chi connectivity index (χ0) is 18.9. The minimum atomic E-state index is -1.63. The number of aromatic hydroxyl groups is 2. The van der Waals surface area contributed by atoms with Gasteiger partial charge in [0.1, 0.15) is 23.4 Å². The summed E-state index contributed by atoms with van der Waals surface area (Å²) in [6.45, 7) is 5.56. The molecule has 0 spiro atoms. The van der Waals surface area contributed by atoms with Crippen molar-refractivity contribution >= 4 is 12.4 Å². The van der Waals surface area contributed by atoms with Gasteiger partial charge in [-0.3, -0.25) is 4.79 Å². The topological polar surface area (TPSA) is 77.8 Å². The zero-order valence-electron chi connectivity index (χ0n) is 14.4. The Balaban J connectivity index is 2.36. The second-order valence-electron chi connectivity index (χ2n) is 6.32. The number of aryl methyl sites for hydroxylation is 1. The maximum atomic E-state index is 12.0. The lowest BCUT2D eigenvalue weighted by molar-refractivity contribution is -0.104. The van der Waals surface area contributed by atoms with Crippen LogP contribution in [-0.4, -0.2) is 21.6 Å². The van der Waals surface area contributed by atoms with Crippen molar-refractivity contribution in [1.82, 2.24) is 0 Å². The van der Waals surface area contributed by atoms with Crippen LogP contribution in [0.4, 0.5) is 0 Å². The first kappa shape index (κ1) is 17.7. The Morgan fingerprint density at radius 3 is 2.31 bits per heavy atom. The van der Waals surface area contributed by atoms with Crippen molar-refractivity contribution in [3.63, 3.8) is 0 Å². The van der Waals surface area contributed by atoms with E-state index < -0.39 is 5.60 Å². The van der Waals surface area contributed by atoms with Crippen molar-refractivity contribution < 1.29 is 20.1 Å². The molecule has 0 heterocycles. The van der Waals surface area contributed by atoms with Crippen LogP contribution in [0.25, 0.3) is 6.08 Å². The van der Waals surface area contributed by atoms with Gasteiger partial charge in [0.25, 0.3) is 0 Å². The van der Waals surface area contributed by atoms with Crippen LogP contribution in [0.15, 0.2) is 66.3 Å². The number of phenolic OH excluding ortho intramolecular Hbond substituents is 2. The van der Waals surface area contributed by atoms with Crippen molar-refractivity contribution in [2.75, 3.05) is 0 Å². The number of allylic oxidation sites excluding steroid dienone is 2. The SMILES string of the molecule is C=Cc1cc(O)ccc1C(O)(C1=CCC=C1C=O)c1ccc(O)cc1C. The minimum Gasteiger partial charge on any atom is -0.508 e. The average Bonchev–Trinajstić information content (AvgIpc) is 3.10. The maximum absolute atomic E-state index is 12.0. The molecule has 0 aliphatic heterocycles. The molecule has 0 fully saturated rings. The lowest BCUT2D eigenvalue weighted by atomic mass is 9.75. The molecule has 0 bridgehead atoms. The van der Waals surface area contributed by atoms with Gasteiger partial charge in [-0.05, 0) is 59.9 Å². The van der Waals surface area contributed by atoms with Gasteiger partial charge in [0, 0.05) is 11.1 Å². The molecule has 0 aromatic heterocycles. The summed E-state index contributed by atoms with van der Waals surface area (Å²) in [5, 5.41) is 31.5. The number of rotatable bonds is 5. The van der Waals surface area contributed by atoms with Crippen molar-refractivity contribution in [2.45, 2.75) is 18.9 Å². The third kappa shape index (κ3) is 2.74. The summed E-state index contributed by atoms with van der Waals surface area (Å²) >= 11 is 0. The summed E-state index contributed by atoms with van der Waals surface area (Å²) in [6.07, 6.45) is 6.40. The predicted octanol–water partition coefficient (Wildman–Crippen LogP) is 3.74. The van der Waals surface area contributed by atoms with Gasteiger partial charge in [0.15, 0.2) is 0 Å². The maximum Gasteiger partial charge on any atom is 0.150 e. The molecular formula is C22H20O4. The van der Waals surface area contributed by atoms with E-state index in [1.807, 2.05) is 6.08 Å². The highest BCUT2D eigenvalue weighted by Gasteiger charge is 2.40. The summed E-state index contributed by atoms with van der Waals surface area (Å²) in [5.41, 5.74) is 1.55. The predicted molar refractivity (Wildman–Crippen MR) is 101 cm³/mol. The van der Waals surface area contributed by atoms with E-state index in [0.717, 1.165) is 6.29 Å². The highest BCUT2D eigenvalue weighted by molar-refractivity contribution is 5.84. The minimum absolute atomic E-state index is 0.0555. The first-order valence-corrected chi connectivity index (χ1v) is 8.26. The largest absolute Gasteiger partial charge is 0.508 e. The van der Waals surface area contributed by atoms with E-state index in [2.05, 4.69) is 6.58 Å². The van der Waals surface area contributed by atoms with Crippen LogP contribution in [0.1, 0.15) is 28.7 Å². The molecule has 0 amide bonds. The first-order chi connectivity index (χ1) is 12.4. The van der Waals surface area contributed by atoms with Crippen LogP contribution in [-0.2, 0) is 10.4 Å². The monoisotopic (exact) mass is 348 g/mol. The third-order valence-corrected chi connectivity index (χ3v) is 4.73. The molecule has 132 valence electrons. The number of aliphatic hydroxyl groups is 1. The Labute approximate surface area is 152 Å². The quantitative estimate of drug-likeness (QED) is 0.719. The van der Waals surface area contributed by atoms with E-state index in [4.69, 9.17) is 0 Å². The van der Waals surface area contributed by atoms with Crippen LogP contribution in [0, 0.1) is 6.92 Å². The van der Waals surface area contributed by atoms with Gasteiger partial charge in [0.05, 0.1) is 0 Å². The Morgan fingerprint density at radius 2 is 1.69 bits per heavy atom. The van der Waals surface area contributed by atoms with Crippen LogP contribution in [0.2, 0.25) is 0 Å². The Kier molecular flexibility index (Phi) is 4.53. The van der Waals surface area contributed by atoms with Crippen LogP contribution >= 0.6 is 0 Å². The standard InChI is InChI=1S/C22H20O4/c1-3-15-12-18(25)8-10-21(15)22(26,20-6-4-5-16(20)13-23)19-9-7-17(24)11-14(19)2/h3,5-13,24-26H,1,4H2,2H3. The fraction of sp³-hybridized carbons (Fsp3) is 0.136. The molecule has 4 heteroatoms. The van der Waals surface area contributed by atoms with Gasteiger partial charge in [-0.1, -0.05) is 36.9 Å². The Bertz CT molecular complexity index is 953. The molecule has 3 N–H and O–H groups in total. The number of carbonyl (C=O) groups is 1. The number of carbonyl (C=O) groups excluding carboxylic acids is 1. The van der Waals surface area contributed by atoms with Gasteiger partial charge < -0.3 is 15.3 Å². The molecule has 1 aliphatic rings. The number of benzene rings is 2. The second kappa shape index (κ2) is 6.65. The molecule has 3 rings (SSSR count). The zero-order valence-corrected chi connectivity index (χ0v) is 14.4. The Hall–Kier alpha value is -3.11. The smallest absolute Gasteiger partial charge is 0.150 e. The Morgan fingerprint density at radius 1 is 1.04 bits per heavy atom. The second-order valence-corrected chi connectivity index (χ2v) is 6.32. The molecule has 2 aromatic carbocycles. The molecule has 26 heavy (non-hydrogen) atoms. The van der Waals surface area contributed by atoms with Crippen LogP contribution < -0.4 is 0 Å². The van der Waals surface area contributed by atoms with E-state index in [0.29, 0.717) is 39.8 Å². The van der Waals surface area contributed by atoms with Crippen LogP contribution in [0.5, 0.6) is 11.5 Å². The molecule has 1 atom stereocenters. The number of phenols is 2. The fourth-order valence-corrected chi connectivity index (χ4v) is 3.54. The highest BCUT2D eigenvalue weighted by Crippen LogP contribution is 2.45. The third-order valence-electron chi connectivity index (χ3n) is 4.73. The molecule has 2 aromatic rings. The van der Waals surface area contributed by atoms with E-state index in [-0.39, 0.29) is 11.5 Å². The van der Waals surface area contributed by atoms with Gasteiger partial charge in [-0.25, -0.2) is 0 Å². The molecule has 1 aliphatic carbocycles. The average molecular weight is 348 g/mol. The van der Waals surface area contributed by atoms with Gasteiger partial charge in [-0.2, -0.15) is 0 Å². The van der Waals surface area contributed by atoms with E-state index in [1.165, 1.54) is 18.2 Å². The summed E-state index contributed by atoms with van der Waals surface area (Å²) in [5.74, 6) is 0.148. The molecule has 4 nitrogen and oxygen atoms in total. The fourth-order valence-electron chi connectivity index (χ4n) is 3.54. The van der Waals surface area contributed by atoms with Gasteiger partial charge >= 0.3 is 0 Å². The molecule has 0 radical (unpaired) electrons. The lowest BCUT2D eigenvalue weighted by Gasteiger charge is -2.34. The number of aldehydes is 1. The van der Waals surface area contributed by atoms with Crippen molar-refractivity contribution in [3.05, 3.63) is 88.5 Å². The molecule has 1 unspecified atom stereocenters. The first-order valence-electron chi connectivity index (χ1n) is 8.26. The van der Waals surface area contributed by atoms with E-state index in [9.17, 15) is 20.1 Å². The lowest BCUT2D eigenvalue weighted by Crippen LogP contribution is -2.32. The molecule has 0 saturated heterocycles. The summed E-state index contributed by atoms with van der Waals surface area (Å²) < 4.78 is 0. The van der Waals surface area contributed by atoms with Gasteiger partial charge in [-0.15, -0.1) is 0 Å². The highest BCUT2D eigenvalue weighted by atomic mass is 16.3. The summed E-state index contributed by atoms with van der Waals surface area (Å²) in [7, 11) is 0. The van der Waals surface area contributed by atoms with E-state index >= 15 is 0 Å². The van der Waals surface area contributed by atoms with Crippen molar-refractivity contribution in [1.29, 1.82) is 0 Å². The van der Waals surface area contributed by atoms with Crippen molar-refractivity contribution in [3.8, 4) is 11.5 Å². The molecular weight excluding hydrogens is 328 g/mol. The molecule has 0 saturated carbocycles. The van der Waals surface area contributed by atoms with E-state index in [1.54, 1.807) is 37.3 Å². The normalized spacial score (nSPS) is 15.8. The number of hydrogen-bond donors (Lipinski definition) is 3. The van der Waals surface area contributed by atoms with Gasteiger partial charge in [0.2, 0.25) is 0 Å². The van der Waals surface area contributed by atoms with Crippen LogP contribution in [0.3, 0.4) is 0 Å².